The van der Waals surface area contributed by atoms with E-state index in [1.807, 2.05) is 25.1 Å². The van der Waals surface area contributed by atoms with Gasteiger partial charge in [-0.3, -0.25) is 0 Å². The summed E-state index contributed by atoms with van der Waals surface area (Å²) >= 11 is 0. The normalized spacial score (nSPS) is 23.9. The molecule has 1 aliphatic carbocycles. The van der Waals surface area contributed by atoms with Gasteiger partial charge in [-0.2, -0.15) is 0 Å². The molecule has 0 amide bonds. The second-order valence-corrected chi connectivity index (χ2v) is 6.88. The topological polar surface area (TPSA) is 41.5 Å². The standard InChI is InChI=1S/C18H29NO2/c1-14(15-8-5-4-6-9-15)21-13-16(20)12-19-17-10-7-11-18(17,2)3/h4-6,8-9,14,16-17,19-20H,7,10-13H2,1-3H3. The number of aliphatic hydroxyl groups excluding tert-OH is 1. The number of ether oxygens (including phenoxy) is 1. The van der Waals surface area contributed by atoms with E-state index in [-0.39, 0.29) is 6.10 Å². The van der Waals surface area contributed by atoms with Gasteiger partial charge in [-0.25, -0.2) is 0 Å². The SMILES string of the molecule is CC(OCC(O)CNC1CCCC1(C)C)c1ccccc1. The van der Waals surface area contributed by atoms with Crippen LogP contribution in [0.1, 0.15) is 51.7 Å². The Kier molecular flexibility index (Phi) is 5.80. The minimum atomic E-state index is -0.451. The van der Waals surface area contributed by atoms with E-state index in [9.17, 15) is 5.11 Å². The molecule has 3 heteroatoms. The molecule has 3 nitrogen and oxygen atoms in total. The van der Waals surface area contributed by atoms with Crippen LogP contribution in [-0.2, 0) is 4.74 Å². The molecule has 1 saturated carbocycles. The fourth-order valence-corrected chi connectivity index (χ4v) is 3.12. The molecule has 0 spiro atoms. The van der Waals surface area contributed by atoms with Gasteiger partial charge in [0.25, 0.3) is 0 Å². The van der Waals surface area contributed by atoms with Crippen molar-refractivity contribution in [2.75, 3.05) is 13.2 Å². The van der Waals surface area contributed by atoms with Crippen molar-refractivity contribution in [2.45, 2.75) is 58.3 Å². The van der Waals surface area contributed by atoms with Crippen molar-refractivity contribution in [3.63, 3.8) is 0 Å². The van der Waals surface area contributed by atoms with Gasteiger partial charge in [0, 0.05) is 12.6 Å². The predicted molar refractivity (Wildman–Crippen MR) is 86.2 cm³/mol. The molecule has 0 aliphatic heterocycles. The van der Waals surface area contributed by atoms with Gasteiger partial charge in [0.15, 0.2) is 0 Å². The lowest BCUT2D eigenvalue weighted by molar-refractivity contribution is -0.00392. The van der Waals surface area contributed by atoms with Gasteiger partial charge in [-0.15, -0.1) is 0 Å². The molecule has 21 heavy (non-hydrogen) atoms. The monoisotopic (exact) mass is 291 g/mol. The average molecular weight is 291 g/mol. The Bertz CT molecular complexity index is 418. The van der Waals surface area contributed by atoms with E-state index in [1.54, 1.807) is 0 Å². The Morgan fingerprint density at radius 1 is 1.33 bits per heavy atom. The third-order valence-corrected chi connectivity index (χ3v) is 4.66. The molecule has 0 saturated heterocycles. The number of benzene rings is 1. The number of rotatable bonds is 7. The van der Waals surface area contributed by atoms with Crippen LogP contribution in [0.2, 0.25) is 0 Å². The molecule has 0 radical (unpaired) electrons. The maximum atomic E-state index is 10.1. The number of aliphatic hydroxyl groups is 1. The van der Waals surface area contributed by atoms with Crippen LogP contribution in [0.4, 0.5) is 0 Å². The Labute approximate surface area is 128 Å². The van der Waals surface area contributed by atoms with E-state index in [4.69, 9.17) is 4.74 Å². The van der Waals surface area contributed by atoms with Crippen LogP contribution in [-0.4, -0.2) is 30.4 Å². The number of nitrogens with one attached hydrogen (secondary N) is 1. The summed E-state index contributed by atoms with van der Waals surface area (Å²) in [6.07, 6.45) is 3.32. The van der Waals surface area contributed by atoms with Crippen molar-refractivity contribution < 1.29 is 9.84 Å². The zero-order valence-corrected chi connectivity index (χ0v) is 13.5. The van der Waals surface area contributed by atoms with Gasteiger partial charge in [-0.05, 0) is 30.7 Å². The van der Waals surface area contributed by atoms with Crippen LogP contribution < -0.4 is 5.32 Å². The molecular weight excluding hydrogens is 262 g/mol. The lowest BCUT2D eigenvalue weighted by Gasteiger charge is -2.29. The van der Waals surface area contributed by atoms with Crippen LogP contribution in [0.25, 0.3) is 0 Å². The van der Waals surface area contributed by atoms with Gasteiger partial charge in [0.1, 0.15) is 0 Å². The molecule has 2 N–H and O–H groups in total. The first kappa shape index (κ1) is 16.5. The smallest absolute Gasteiger partial charge is 0.0898 e. The summed E-state index contributed by atoms with van der Waals surface area (Å²) in [5.74, 6) is 0. The molecule has 1 aromatic carbocycles. The lowest BCUT2D eigenvalue weighted by Crippen LogP contribution is -2.42. The first-order valence-corrected chi connectivity index (χ1v) is 8.07. The predicted octanol–water partition coefficient (Wildman–Crippen LogP) is 3.29. The van der Waals surface area contributed by atoms with Crippen molar-refractivity contribution in [3.05, 3.63) is 35.9 Å². The summed E-state index contributed by atoms with van der Waals surface area (Å²) in [5, 5.41) is 13.6. The number of hydrogen-bond acceptors (Lipinski definition) is 3. The summed E-state index contributed by atoms with van der Waals surface area (Å²) in [4.78, 5) is 0. The third-order valence-electron chi connectivity index (χ3n) is 4.66. The van der Waals surface area contributed by atoms with Gasteiger partial charge < -0.3 is 15.2 Å². The molecule has 1 aliphatic rings. The van der Waals surface area contributed by atoms with Crippen LogP contribution in [0.3, 0.4) is 0 Å². The minimum absolute atomic E-state index is 0.0174. The van der Waals surface area contributed by atoms with Gasteiger partial charge >= 0.3 is 0 Å². The maximum absolute atomic E-state index is 10.1. The van der Waals surface area contributed by atoms with E-state index in [1.165, 1.54) is 19.3 Å². The van der Waals surface area contributed by atoms with Crippen LogP contribution in [0, 0.1) is 5.41 Å². The molecule has 0 heterocycles. The Hall–Kier alpha value is -0.900. The summed E-state index contributed by atoms with van der Waals surface area (Å²) in [6, 6.07) is 10.6. The highest BCUT2D eigenvalue weighted by atomic mass is 16.5. The van der Waals surface area contributed by atoms with E-state index in [2.05, 4.69) is 31.3 Å². The second kappa shape index (κ2) is 7.39. The van der Waals surface area contributed by atoms with E-state index in [0.717, 1.165) is 5.56 Å². The average Bonchev–Trinajstić information content (AvgIpc) is 2.82. The highest BCUT2D eigenvalue weighted by molar-refractivity contribution is 5.16. The fourth-order valence-electron chi connectivity index (χ4n) is 3.12. The van der Waals surface area contributed by atoms with Crippen LogP contribution >= 0.6 is 0 Å². The highest BCUT2D eigenvalue weighted by Gasteiger charge is 2.34. The molecular formula is C18H29NO2. The largest absolute Gasteiger partial charge is 0.389 e. The zero-order chi connectivity index (χ0) is 15.3. The number of hydrogen-bond donors (Lipinski definition) is 2. The molecule has 3 atom stereocenters. The Balaban J connectivity index is 1.69. The highest BCUT2D eigenvalue weighted by Crippen LogP contribution is 2.37. The second-order valence-electron chi connectivity index (χ2n) is 6.88. The molecule has 118 valence electrons. The molecule has 1 fully saturated rings. The van der Waals surface area contributed by atoms with E-state index < -0.39 is 6.10 Å². The van der Waals surface area contributed by atoms with E-state index in [0.29, 0.717) is 24.6 Å². The first-order valence-electron chi connectivity index (χ1n) is 8.07. The summed E-state index contributed by atoms with van der Waals surface area (Å²) in [7, 11) is 0. The Morgan fingerprint density at radius 2 is 2.05 bits per heavy atom. The van der Waals surface area contributed by atoms with Crippen molar-refractivity contribution in [1.82, 2.24) is 5.32 Å². The van der Waals surface area contributed by atoms with Crippen LogP contribution in [0.5, 0.6) is 0 Å². The van der Waals surface area contributed by atoms with Gasteiger partial charge in [-0.1, -0.05) is 50.6 Å². The molecule has 3 unspecified atom stereocenters. The lowest BCUT2D eigenvalue weighted by atomic mass is 9.87. The van der Waals surface area contributed by atoms with E-state index >= 15 is 0 Å². The molecule has 0 aromatic heterocycles. The van der Waals surface area contributed by atoms with Crippen LogP contribution in [0.15, 0.2) is 30.3 Å². The maximum Gasteiger partial charge on any atom is 0.0898 e. The minimum Gasteiger partial charge on any atom is -0.389 e. The molecule has 0 bridgehead atoms. The zero-order valence-electron chi connectivity index (χ0n) is 13.5. The summed E-state index contributed by atoms with van der Waals surface area (Å²) < 4.78 is 5.77. The quantitative estimate of drug-likeness (QED) is 0.810. The fraction of sp³-hybridized carbons (Fsp3) is 0.667. The van der Waals surface area contributed by atoms with Crippen molar-refractivity contribution in [2.24, 2.45) is 5.41 Å². The molecule has 1 aromatic rings. The summed E-state index contributed by atoms with van der Waals surface area (Å²) in [5.41, 5.74) is 1.49. The van der Waals surface area contributed by atoms with Crippen molar-refractivity contribution in [1.29, 1.82) is 0 Å². The van der Waals surface area contributed by atoms with Crippen molar-refractivity contribution in [3.8, 4) is 0 Å². The van der Waals surface area contributed by atoms with Gasteiger partial charge in [0.05, 0.1) is 18.8 Å². The van der Waals surface area contributed by atoms with Gasteiger partial charge in [0.2, 0.25) is 0 Å². The summed E-state index contributed by atoms with van der Waals surface area (Å²) in [6.45, 7) is 7.61. The first-order chi connectivity index (χ1) is 9.99. The third kappa shape index (κ3) is 4.80. The molecule has 2 rings (SSSR count). The van der Waals surface area contributed by atoms with Crippen molar-refractivity contribution >= 4 is 0 Å². The Morgan fingerprint density at radius 3 is 2.67 bits per heavy atom.